The van der Waals surface area contributed by atoms with Crippen LogP contribution in [0.15, 0.2) is 59.7 Å². The quantitative estimate of drug-likeness (QED) is 0.588. The van der Waals surface area contributed by atoms with Crippen molar-refractivity contribution in [2.24, 2.45) is 5.10 Å². The second kappa shape index (κ2) is 4.09. The first-order chi connectivity index (χ1) is 9.40. The third kappa shape index (κ3) is 1.76. The molecule has 0 amide bonds. The zero-order valence-corrected chi connectivity index (χ0v) is 10.6. The molecule has 0 atom stereocenters. The molecule has 3 aromatic rings. The summed E-state index contributed by atoms with van der Waals surface area (Å²) in [6.07, 6.45) is 3.01. The first kappa shape index (κ1) is 10.6. The number of fused-ring (bicyclic) bond motifs is 2. The van der Waals surface area contributed by atoms with Crippen molar-refractivity contribution in [1.29, 1.82) is 0 Å². The summed E-state index contributed by atoms with van der Waals surface area (Å²) in [4.78, 5) is 0. The van der Waals surface area contributed by atoms with Gasteiger partial charge in [-0.25, -0.2) is 0 Å². The highest BCUT2D eigenvalue weighted by Crippen LogP contribution is 2.27. The maximum absolute atomic E-state index is 4.38. The van der Waals surface area contributed by atoms with Crippen LogP contribution in [0.1, 0.15) is 6.42 Å². The van der Waals surface area contributed by atoms with Crippen LogP contribution in [0.25, 0.3) is 21.5 Å². The molecule has 0 aromatic heterocycles. The molecule has 0 saturated carbocycles. The summed E-state index contributed by atoms with van der Waals surface area (Å²) < 4.78 is 0. The Balaban J connectivity index is 1.92. The highest BCUT2D eigenvalue weighted by Gasteiger charge is 2.09. The predicted molar refractivity (Wildman–Crippen MR) is 81.9 cm³/mol. The summed E-state index contributed by atoms with van der Waals surface area (Å²) in [5.41, 5.74) is 1.18. The number of rotatable bonds is 1. The smallest absolute Gasteiger partial charge is 0.0600 e. The van der Waals surface area contributed by atoms with Gasteiger partial charge in [0.15, 0.2) is 0 Å². The van der Waals surface area contributed by atoms with Crippen molar-refractivity contribution in [2.75, 3.05) is 11.6 Å². The molecule has 2 heteroatoms. The molecular formula is C17H14N2. The number of anilines is 1. The normalized spacial score (nSPS) is 14.6. The van der Waals surface area contributed by atoms with E-state index in [0.717, 1.165) is 13.0 Å². The van der Waals surface area contributed by atoms with E-state index in [1.54, 1.807) is 0 Å². The Morgan fingerprint density at radius 3 is 2.26 bits per heavy atom. The summed E-state index contributed by atoms with van der Waals surface area (Å²) in [5.74, 6) is 0. The highest BCUT2D eigenvalue weighted by atomic mass is 15.5. The molecule has 19 heavy (non-hydrogen) atoms. The Morgan fingerprint density at radius 1 is 0.789 bits per heavy atom. The number of benzene rings is 3. The average Bonchev–Trinajstić information content (AvgIpc) is 2.98. The molecule has 4 rings (SSSR count). The molecule has 0 N–H and O–H groups in total. The van der Waals surface area contributed by atoms with Gasteiger partial charge in [-0.2, -0.15) is 5.10 Å². The molecule has 2 nitrogen and oxygen atoms in total. The average molecular weight is 246 g/mol. The van der Waals surface area contributed by atoms with Gasteiger partial charge in [-0.15, -0.1) is 0 Å². The third-order valence-corrected chi connectivity index (χ3v) is 3.68. The van der Waals surface area contributed by atoms with E-state index in [2.05, 4.69) is 64.7 Å². The Kier molecular flexibility index (Phi) is 2.27. The van der Waals surface area contributed by atoms with Crippen molar-refractivity contribution in [3.63, 3.8) is 0 Å². The SMILES string of the molecule is C1=NN(c2ccc3cc4ccccc4cc3c2)CC1. The van der Waals surface area contributed by atoms with Crippen LogP contribution in [-0.4, -0.2) is 12.8 Å². The number of hydrogen-bond donors (Lipinski definition) is 0. The van der Waals surface area contributed by atoms with Gasteiger partial charge in [0.1, 0.15) is 0 Å². The van der Waals surface area contributed by atoms with Gasteiger partial charge >= 0.3 is 0 Å². The zero-order valence-electron chi connectivity index (χ0n) is 10.6. The van der Waals surface area contributed by atoms with E-state index in [4.69, 9.17) is 0 Å². The van der Waals surface area contributed by atoms with Crippen LogP contribution in [0, 0.1) is 0 Å². The van der Waals surface area contributed by atoms with Gasteiger partial charge in [0.05, 0.1) is 5.69 Å². The highest BCUT2D eigenvalue weighted by molar-refractivity contribution is 5.99. The second-order valence-electron chi connectivity index (χ2n) is 4.94. The Bertz CT molecular complexity index is 789. The van der Waals surface area contributed by atoms with Crippen LogP contribution in [0.4, 0.5) is 5.69 Å². The molecule has 92 valence electrons. The van der Waals surface area contributed by atoms with Crippen LogP contribution >= 0.6 is 0 Å². The lowest BCUT2D eigenvalue weighted by molar-refractivity contribution is 0.923. The standard InChI is InChI=1S/C17H14N2/c1-2-5-14-11-16-12-17(19-9-3-8-18-19)7-6-15(16)10-13(14)4-1/h1-2,4-8,10-12H,3,9H2. The maximum Gasteiger partial charge on any atom is 0.0600 e. The fourth-order valence-corrected chi connectivity index (χ4v) is 2.68. The fourth-order valence-electron chi connectivity index (χ4n) is 2.68. The summed E-state index contributed by atoms with van der Waals surface area (Å²) in [6, 6.07) is 19.6. The predicted octanol–water partition coefficient (Wildman–Crippen LogP) is 4.19. The van der Waals surface area contributed by atoms with Crippen molar-refractivity contribution < 1.29 is 0 Å². The molecule has 0 fully saturated rings. The van der Waals surface area contributed by atoms with E-state index in [-0.39, 0.29) is 0 Å². The summed E-state index contributed by atoms with van der Waals surface area (Å²) in [5, 5.41) is 11.6. The van der Waals surface area contributed by atoms with Gasteiger partial charge in [-0.3, -0.25) is 5.01 Å². The van der Waals surface area contributed by atoms with Crippen LogP contribution in [0.2, 0.25) is 0 Å². The lowest BCUT2D eigenvalue weighted by atomic mass is 10.0. The zero-order chi connectivity index (χ0) is 12.7. The van der Waals surface area contributed by atoms with Crippen LogP contribution in [0.3, 0.4) is 0 Å². The van der Waals surface area contributed by atoms with Crippen LogP contribution in [-0.2, 0) is 0 Å². The Hall–Kier alpha value is -2.35. The Labute approximate surface area is 112 Å². The molecule has 0 radical (unpaired) electrons. The second-order valence-corrected chi connectivity index (χ2v) is 4.94. The lowest BCUT2D eigenvalue weighted by Crippen LogP contribution is -2.11. The van der Waals surface area contributed by atoms with Crippen molar-refractivity contribution in [2.45, 2.75) is 6.42 Å². The van der Waals surface area contributed by atoms with Gasteiger partial charge in [0.2, 0.25) is 0 Å². The summed E-state index contributed by atoms with van der Waals surface area (Å²) in [6.45, 7) is 0.985. The first-order valence-electron chi connectivity index (χ1n) is 6.63. The van der Waals surface area contributed by atoms with E-state index < -0.39 is 0 Å². The summed E-state index contributed by atoms with van der Waals surface area (Å²) >= 11 is 0. The molecule has 1 aliphatic rings. The fraction of sp³-hybridized carbons (Fsp3) is 0.118. The molecule has 0 bridgehead atoms. The van der Waals surface area contributed by atoms with E-state index in [0.29, 0.717) is 0 Å². The molecule has 0 spiro atoms. The minimum absolute atomic E-state index is 0.985. The van der Waals surface area contributed by atoms with Crippen molar-refractivity contribution in [1.82, 2.24) is 0 Å². The molecule has 0 saturated heterocycles. The monoisotopic (exact) mass is 246 g/mol. The topological polar surface area (TPSA) is 15.6 Å². The minimum atomic E-state index is 0.985. The molecule has 1 heterocycles. The van der Waals surface area contributed by atoms with Gasteiger partial charge in [-0.1, -0.05) is 30.3 Å². The third-order valence-electron chi connectivity index (χ3n) is 3.68. The molecule has 3 aromatic carbocycles. The molecule has 1 aliphatic heterocycles. The number of hydrogen-bond acceptors (Lipinski definition) is 2. The van der Waals surface area contributed by atoms with Gasteiger partial charge in [0.25, 0.3) is 0 Å². The number of nitrogens with zero attached hydrogens (tertiary/aromatic N) is 2. The van der Waals surface area contributed by atoms with Crippen molar-refractivity contribution >= 4 is 33.4 Å². The van der Waals surface area contributed by atoms with E-state index in [1.165, 1.54) is 27.2 Å². The van der Waals surface area contributed by atoms with E-state index in [1.807, 2.05) is 6.21 Å². The maximum atomic E-state index is 4.38. The van der Waals surface area contributed by atoms with Gasteiger partial charge in [0, 0.05) is 19.2 Å². The minimum Gasteiger partial charge on any atom is -0.265 e. The molecular weight excluding hydrogens is 232 g/mol. The summed E-state index contributed by atoms with van der Waals surface area (Å²) in [7, 11) is 0. The van der Waals surface area contributed by atoms with Crippen molar-refractivity contribution in [3.05, 3.63) is 54.6 Å². The largest absolute Gasteiger partial charge is 0.265 e. The molecule has 0 unspecified atom stereocenters. The van der Waals surface area contributed by atoms with Crippen LogP contribution < -0.4 is 5.01 Å². The number of hydrazone groups is 1. The van der Waals surface area contributed by atoms with E-state index in [9.17, 15) is 0 Å². The van der Waals surface area contributed by atoms with Crippen LogP contribution in [0.5, 0.6) is 0 Å². The lowest BCUT2D eigenvalue weighted by Gasteiger charge is -2.14. The van der Waals surface area contributed by atoms with E-state index >= 15 is 0 Å². The molecule has 0 aliphatic carbocycles. The Morgan fingerprint density at radius 2 is 1.53 bits per heavy atom. The van der Waals surface area contributed by atoms with Crippen molar-refractivity contribution in [3.8, 4) is 0 Å². The first-order valence-corrected chi connectivity index (χ1v) is 6.63. The van der Waals surface area contributed by atoms with Gasteiger partial charge < -0.3 is 0 Å². The van der Waals surface area contributed by atoms with Gasteiger partial charge in [-0.05, 0) is 45.8 Å².